The Bertz CT molecular complexity index is 798. The molecule has 94 valence electrons. The molecule has 3 rings (SSSR count). The average Bonchev–Trinajstić information content (AvgIpc) is 2.42. The molecule has 1 aromatic carbocycles. The third-order valence-electron chi connectivity index (χ3n) is 2.88. The van der Waals surface area contributed by atoms with E-state index in [2.05, 4.69) is 9.97 Å². The molecule has 0 bridgehead atoms. The first-order valence-corrected chi connectivity index (χ1v) is 6.16. The second-order valence-electron chi connectivity index (χ2n) is 4.18. The molecule has 0 unspecified atom stereocenters. The van der Waals surface area contributed by atoms with Crippen LogP contribution in [0.25, 0.3) is 10.9 Å². The Balaban J connectivity index is 2.06. The van der Waals surface area contributed by atoms with Crippen molar-refractivity contribution >= 4 is 22.5 Å². The Kier molecular flexibility index (Phi) is 3.01. The second kappa shape index (κ2) is 4.82. The van der Waals surface area contributed by atoms with E-state index in [0.717, 1.165) is 5.56 Å². The number of hydrogen-bond donors (Lipinski definition) is 0. The Morgan fingerprint density at radius 1 is 1.16 bits per heavy atom. The van der Waals surface area contributed by atoms with Crippen molar-refractivity contribution in [3.8, 4) is 0 Å². The predicted octanol–water partition coefficient (Wildman–Crippen LogP) is 2.49. The molecule has 0 saturated heterocycles. The molecule has 3 aromatic rings. The van der Waals surface area contributed by atoms with Gasteiger partial charge in [-0.1, -0.05) is 23.7 Å². The van der Waals surface area contributed by atoms with Gasteiger partial charge in [-0.15, -0.1) is 0 Å². The fraction of sp³-hybridized carbons (Fsp3) is 0.0714. The molecular weight excluding hydrogens is 262 g/mol. The van der Waals surface area contributed by atoms with Crippen molar-refractivity contribution in [1.29, 1.82) is 0 Å². The van der Waals surface area contributed by atoms with Gasteiger partial charge in [0, 0.05) is 6.20 Å². The zero-order chi connectivity index (χ0) is 13.2. The van der Waals surface area contributed by atoms with Crippen LogP contribution in [0.2, 0.25) is 5.15 Å². The summed E-state index contributed by atoms with van der Waals surface area (Å²) in [4.78, 5) is 20.5. The van der Waals surface area contributed by atoms with E-state index in [9.17, 15) is 4.79 Å². The quantitative estimate of drug-likeness (QED) is 0.673. The van der Waals surface area contributed by atoms with Crippen molar-refractivity contribution in [1.82, 2.24) is 14.5 Å². The van der Waals surface area contributed by atoms with Gasteiger partial charge in [-0.3, -0.25) is 9.36 Å². The van der Waals surface area contributed by atoms with Crippen LogP contribution in [-0.2, 0) is 6.54 Å². The number of aromatic nitrogens is 3. The SMILES string of the molecule is O=c1c2ccccc2ncn1Cc1ccnc(Cl)c1. The van der Waals surface area contributed by atoms with Crippen LogP contribution in [0.5, 0.6) is 0 Å². The number of fused-ring (bicyclic) bond motifs is 1. The highest BCUT2D eigenvalue weighted by molar-refractivity contribution is 6.29. The number of nitrogens with zero attached hydrogens (tertiary/aromatic N) is 3. The van der Waals surface area contributed by atoms with Gasteiger partial charge in [-0.25, -0.2) is 9.97 Å². The van der Waals surface area contributed by atoms with E-state index in [1.54, 1.807) is 29.2 Å². The van der Waals surface area contributed by atoms with E-state index >= 15 is 0 Å². The average molecular weight is 272 g/mol. The first kappa shape index (κ1) is 11.9. The van der Waals surface area contributed by atoms with Crippen molar-refractivity contribution in [3.63, 3.8) is 0 Å². The van der Waals surface area contributed by atoms with Crippen molar-refractivity contribution in [2.24, 2.45) is 0 Å². The highest BCUT2D eigenvalue weighted by Gasteiger charge is 2.04. The van der Waals surface area contributed by atoms with E-state index in [1.807, 2.05) is 24.3 Å². The van der Waals surface area contributed by atoms with Crippen LogP contribution in [0.15, 0.2) is 53.7 Å². The number of rotatable bonds is 2. The Hall–Kier alpha value is -2.20. The molecule has 0 aliphatic heterocycles. The summed E-state index contributed by atoms with van der Waals surface area (Å²) in [7, 11) is 0. The molecule has 5 heteroatoms. The predicted molar refractivity (Wildman–Crippen MR) is 74.4 cm³/mol. The standard InChI is InChI=1S/C14H10ClN3O/c15-13-7-10(5-6-16-13)8-18-9-17-12-4-2-1-3-11(12)14(18)19/h1-7,9H,8H2. The van der Waals surface area contributed by atoms with Crippen LogP contribution >= 0.6 is 11.6 Å². The molecule has 0 aliphatic rings. The summed E-state index contributed by atoms with van der Waals surface area (Å²) in [5.74, 6) is 0. The van der Waals surface area contributed by atoms with Gasteiger partial charge >= 0.3 is 0 Å². The highest BCUT2D eigenvalue weighted by Crippen LogP contribution is 2.09. The minimum absolute atomic E-state index is 0.0569. The van der Waals surface area contributed by atoms with Gasteiger partial charge in [0.25, 0.3) is 5.56 Å². The van der Waals surface area contributed by atoms with E-state index in [-0.39, 0.29) is 5.56 Å². The topological polar surface area (TPSA) is 47.8 Å². The van der Waals surface area contributed by atoms with Gasteiger partial charge in [0.15, 0.2) is 0 Å². The van der Waals surface area contributed by atoms with E-state index < -0.39 is 0 Å². The summed E-state index contributed by atoms with van der Waals surface area (Å²) in [5, 5.41) is 1.03. The lowest BCUT2D eigenvalue weighted by Crippen LogP contribution is -2.21. The maximum Gasteiger partial charge on any atom is 0.261 e. The van der Waals surface area contributed by atoms with Crippen molar-refractivity contribution < 1.29 is 0 Å². The molecule has 0 radical (unpaired) electrons. The molecule has 0 atom stereocenters. The minimum Gasteiger partial charge on any atom is -0.294 e. The second-order valence-corrected chi connectivity index (χ2v) is 4.57. The molecule has 0 spiro atoms. The third-order valence-corrected chi connectivity index (χ3v) is 3.08. The molecule has 2 aromatic heterocycles. The molecule has 0 saturated carbocycles. The molecule has 0 N–H and O–H groups in total. The first-order chi connectivity index (χ1) is 9.24. The van der Waals surface area contributed by atoms with Crippen LogP contribution in [0.1, 0.15) is 5.56 Å². The zero-order valence-corrected chi connectivity index (χ0v) is 10.7. The van der Waals surface area contributed by atoms with Crippen LogP contribution in [0, 0.1) is 0 Å². The van der Waals surface area contributed by atoms with E-state index in [0.29, 0.717) is 22.6 Å². The number of hydrogen-bond acceptors (Lipinski definition) is 3. The number of halogens is 1. The van der Waals surface area contributed by atoms with E-state index in [1.165, 1.54) is 0 Å². The van der Waals surface area contributed by atoms with Crippen LogP contribution < -0.4 is 5.56 Å². The Labute approximate surface area is 114 Å². The fourth-order valence-electron chi connectivity index (χ4n) is 1.96. The largest absolute Gasteiger partial charge is 0.294 e. The number of pyridine rings is 1. The molecular formula is C14H10ClN3O. The summed E-state index contributed by atoms with van der Waals surface area (Å²) in [5.41, 5.74) is 1.56. The smallest absolute Gasteiger partial charge is 0.261 e. The summed E-state index contributed by atoms with van der Waals surface area (Å²) in [6.07, 6.45) is 3.18. The summed E-state index contributed by atoms with van der Waals surface area (Å²) in [6, 6.07) is 10.9. The normalized spacial score (nSPS) is 10.8. The van der Waals surface area contributed by atoms with Crippen molar-refractivity contribution in [3.05, 3.63) is 70.0 Å². The summed E-state index contributed by atoms with van der Waals surface area (Å²) in [6.45, 7) is 0.429. The van der Waals surface area contributed by atoms with Gasteiger partial charge in [0.05, 0.1) is 23.8 Å². The molecule has 0 amide bonds. The lowest BCUT2D eigenvalue weighted by atomic mass is 10.2. The molecule has 0 fully saturated rings. The third kappa shape index (κ3) is 2.35. The molecule has 4 nitrogen and oxygen atoms in total. The fourth-order valence-corrected chi connectivity index (χ4v) is 2.15. The highest BCUT2D eigenvalue weighted by atomic mass is 35.5. The van der Waals surface area contributed by atoms with Crippen molar-refractivity contribution in [2.45, 2.75) is 6.54 Å². The monoisotopic (exact) mass is 271 g/mol. The van der Waals surface area contributed by atoms with Gasteiger partial charge < -0.3 is 0 Å². The summed E-state index contributed by atoms with van der Waals surface area (Å²) >= 11 is 5.83. The zero-order valence-electron chi connectivity index (χ0n) is 9.95. The summed E-state index contributed by atoms with van der Waals surface area (Å²) < 4.78 is 1.56. The molecule has 0 aliphatic carbocycles. The lowest BCUT2D eigenvalue weighted by Gasteiger charge is -2.06. The maximum absolute atomic E-state index is 12.3. The van der Waals surface area contributed by atoms with Gasteiger partial charge in [0.1, 0.15) is 5.15 Å². The Morgan fingerprint density at radius 2 is 2.00 bits per heavy atom. The number of benzene rings is 1. The Morgan fingerprint density at radius 3 is 2.84 bits per heavy atom. The lowest BCUT2D eigenvalue weighted by molar-refractivity contribution is 0.747. The van der Waals surface area contributed by atoms with Crippen molar-refractivity contribution in [2.75, 3.05) is 0 Å². The molecule has 19 heavy (non-hydrogen) atoms. The first-order valence-electron chi connectivity index (χ1n) is 5.79. The minimum atomic E-state index is -0.0569. The van der Waals surface area contributed by atoms with Crippen LogP contribution in [0.4, 0.5) is 0 Å². The molecule has 2 heterocycles. The van der Waals surface area contributed by atoms with Gasteiger partial charge in [-0.2, -0.15) is 0 Å². The maximum atomic E-state index is 12.3. The van der Waals surface area contributed by atoms with Gasteiger partial charge in [-0.05, 0) is 29.8 Å². The van der Waals surface area contributed by atoms with Crippen LogP contribution in [0.3, 0.4) is 0 Å². The number of para-hydroxylation sites is 1. The van der Waals surface area contributed by atoms with Crippen LogP contribution in [-0.4, -0.2) is 14.5 Å². The van der Waals surface area contributed by atoms with E-state index in [4.69, 9.17) is 11.6 Å². The van der Waals surface area contributed by atoms with Gasteiger partial charge in [0.2, 0.25) is 0 Å².